The van der Waals surface area contributed by atoms with E-state index in [9.17, 15) is 9.90 Å². The van der Waals surface area contributed by atoms with Crippen LogP contribution in [0.4, 0.5) is 0 Å². The van der Waals surface area contributed by atoms with E-state index in [0.717, 1.165) is 12.8 Å². The highest BCUT2D eigenvalue weighted by atomic mass is 35.5. The lowest BCUT2D eigenvalue weighted by Gasteiger charge is -2.23. The Morgan fingerprint density at radius 2 is 2.29 bits per heavy atom. The van der Waals surface area contributed by atoms with Crippen molar-refractivity contribution < 1.29 is 9.90 Å². The SMILES string of the molecule is O=C(c1cc(Cl)nnc1Cl)N1CCCC1CO. The lowest BCUT2D eigenvalue weighted by atomic mass is 10.2. The number of hydrogen-bond acceptors (Lipinski definition) is 4. The molecule has 2 heterocycles. The maximum absolute atomic E-state index is 12.2. The number of aliphatic hydroxyl groups is 1. The Morgan fingerprint density at radius 3 is 3.00 bits per heavy atom. The molecule has 1 aliphatic rings. The Balaban J connectivity index is 2.27. The topological polar surface area (TPSA) is 66.3 Å². The fourth-order valence-electron chi connectivity index (χ4n) is 1.95. The number of likely N-dealkylation sites (tertiary alicyclic amines) is 1. The first kappa shape index (κ1) is 12.5. The van der Waals surface area contributed by atoms with Crippen LogP contribution in [-0.4, -0.2) is 45.3 Å². The van der Waals surface area contributed by atoms with E-state index >= 15 is 0 Å². The number of hydrogen-bond donors (Lipinski definition) is 1. The third-order valence-corrected chi connectivity index (χ3v) is 3.26. The summed E-state index contributed by atoms with van der Waals surface area (Å²) in [5.41, 5.74) is 0.229. The zero-order chi connectivity index (χ0) is 12.4. The van der Waals surface area contributed by atoms with Gasteiger partial charge in [0.15, 0.2) is 10.3 Å². The zero-order valence-electron chi connectivity index (χ0n) is 8.94. The van der Waals surface area contributed by atoms with Gasteiger partial charge in [0.2, 0.25) is 0 Å². The lowest BCUT2D eigenvalue weighted by Crippen LogP contribution is -2.37. The number of aromatic nitrogens is 2. The summed E-state index contributed by atoms with van der Waals surface area (Å²) >= 11 is 11.5. The molecule has 0 saturated carbocycles. The Hall–Kier alpha value is -0.910. The van der Waals surface area contributed by atoms with Gasteiger partial charge in [0.05, 0.1) is 18.2 Å². The minimum atomic E-state index is -0.261. The average molecular weight is 276 g/mol. The number of aliphatic hydroxyl groups excluding tert-OH is 1. The highest BCUT2D eigenvalue weighted by molar-refractivity contribution is 6.34. The van der Waals surface area contributed by atoms with Gasteiger partial charge in [-0.25, -0.2) is 0 Å². The monoisotopic (exact) mass is 275 g/mol. The van der Waals surface area contributed by atoms with Crippen molar-refractivity contribution in [3.63, 3.8) is 0 Å². The van der Waals surface area contributed by atoms with E-state index in [1.165, 1.54) is 6.07 Å². The van der Waals surface area contributed by atoms with E-state index in [4.69, 9.17) is 23.2 Å². The summed E-state index contributed by atoms with van der Waals surface area (Å²) in [6, 6.07) is 1.25. The first-order chi connectivity index (χ1) is 8.13. The molecule has 1 aromatic heterocycles. The maximum atomic E-state index is 12.2. The molecule has 1 atom stereocenters. The normalized spacial score (nSPS) is 19.7. The Kier molecular flexibility index (Phi) is 3.81. The minimum Gasteiger partial charge on any atom is -0.394 e. The second kappa shape index (κ2) is 5.16. The molecule has 1 saturated heterocycles. The molecule has 0 radical (unpaired) electrons. The van der Waals surface area contributed by atoms with Crippen LogP contribution in [0.15, 0.2) is 6.07 Å². The molecular formula is C10H11Cl2N3O2. The summed E-state index contributed by atoms with van der Waals surface area (Å²) in [7, 11) is 0. The molecule has 92 valence electrons. The van der Waals surface area contributed by atoms with Crippen LogP contribution in [0.1, 0.15) is 23.2 Å². The average Bonchev–Trinajstić information content (AvgIpc) is 2.79. The number of carbonyl (C=O) groups is 1. The van der Waals surface area contributed by atoms with Crippen molar-refractivity contribution in [3.05, 3.63) is 21.9 Å². The van der Waals surface area contributed by atoms with Crippen molar-refractivity contribution in [3.8, 4) is 0 Å². The van der Waals surface area contributed by atoms with Crippen molar-refractivity contribution >= 4 is 29.1 Å². The van der Waals surface area contributed by atoms with Gasteiger partial charge in [0.1, 0.15) is 0 Å². The van der Waals surface area contributed by atoms with Gasteiger partial charge in [-0.15, -0.1) is 10.2 Å². The van der Waals surface area contributed by atoms with Crippen molar-refractivity contribution in [2.45, 2.75) is 18.9 Å². The largest absolute Gasteiger partial charge is 0.394 e. The van der Waals surface area contributed by atoms with Crippen LogP contribution in [0.25, 0.3) is 0 Å². The zero-order valence-corrected chi connectivity index (χ0v) is 10.4. The quantitative estimate of drug-likeness (QED) is 0.886. The molecule has 0 spiro atoms. The second-order valence-electron chi connectivity index (χ2n) is 3.85. The number of halogens is 2. The van der Waals surface area contributed by atoms with Crippen LogP contribution < -0.4 is 0 Å². The molecule has 1 amide bonds. The summed E-state index contributed by atoms with van der Waals surface area (Å²) in [5.74, 6) is -0.261. The fraction of sp³-hybridized carbons (Fsp3) is 0.500. The Morgan fingerprint density at radius 1 is 1.53 bits per heavy atom. The van der Waals surface area contributed by atoms with Gasteiger partial charge >= 0.3 is 0 Å². The summed E-state index contributed by atoms with van der Waals surface area (Å²) in [6.45, 7) is 0.565. The molecule has 2 rings (SSSR count). The molecule has 5 nitrogen and oxygen atoms in total. The highest BCUT2D eigenvalue weighted by Gasteiger charge is 2.30. The molecule has 1 aliphatic heterocycles. The summed E-state index contributed by atoms with van der Waals surface area (Å²) in [5, 5.41) is 16.5. The highest BCUT2D eigenvalue weighted by Crippen LogP contribution is 2.23. The smallest absolute Gasteiger partial charge is 0.257 e. The predicted molar refractivity (Wildman–Crippen MR) is 63.2 cm³/mol. The van der Waals surface area contributed by atoms with Crippen LogP contribution in [0.5, 0.6) is 0 Å². The van der Waals surface area contributed by atoms with Crippen molar-refractivity contribution in [1.29, 1.82) is 0 Å². The fourth-order valence-corrected chi connectivity index (χ4v) is 2.27. The van der Waals surface area contributed by atoms with Crippen molar-refractivity contribution in [1.82, 2.24) is 15.1 Å². The molecule has 0 aromatic carbocycles. The van der Waals surface area contributed by atoms with E-state index in [-0.39, 0.29) is 34.4 Å². The van der Waals surface area contributed by atoms with E-state index in [0.29, 0.717) is 6.54 Å². The third-order valence-electron chi connectivity index (χ3n) is 2.80. The Labute approximate surface area is 108 Å². The first-order valence-corrected chi connectivity index (χ1v) is 5.99. The number of carbonyl (C=O) groups excluding carboxylic acids is 1. The molecule has 1 unspecified atom stereocenters. The van der Waals surface area contributed by atoms with Crippen LogP contribution in [0.3, 0.4) is 0 Å². The molecule has 0 aliphatic carbocycles. The van der Waals surface area contributed by atoms with E-state index in [1.54, 1.807) is 4.90 Å². The summed E-state index contributed by atoms with van der Waals surface area (Å²) in [6.07, 6.45) is 1.67. The summed E-state index contributed by atoms with van der Waals surface area (Å²) < 4.78 is 0. The number of rotatable bonds is 2. The minimum absolute atomic E-state index is 0.0305. The van der Waals surface area contributed by atoms with Crippen molar-refractivity contribution in [2.24, 2.45) is 0 Å². The third kappa shape index (κ3) is 2.51. The van der Waals surface area contributed by atoms with Gasteiger partial charge in [0, 0.05) is 6.54 Å². The Bertz CT molecular complexity index is 442. The molecule has 0 bridgehead atoms. The molecule has 7 heteroatoms. The van der Waals surface area contributed by atoms with Crippen molar-refractivity contribution in [2.75, 3.05) is 13.2 Å². The number of nitrogens with zero attached hydrogens (tertiary/aromatic N) is 3. The van der Waals surface area contributed by atoms with Gasteiger partial charge < -0.3 is 10.0 Å². The summed E-state index contributed by atoms with van der Waals surface area (Å²) in [4.78, 5) is 13.8. The second-order valence-corrected chi connectivity index (χ2v) is 4.59. The molecule has 1 aromatic rings. The number of amides is 1. The standard InChI is InChI=1S/C10H11Cl2N3O2/c11-8-4-7(9(12)14-13-8)10(17)15-3-1-2-6(15)5-16/h4,6,16H,1-3,5H2. The van der Waals surface area contributed by atoms with E-state index in [2.05, 4.69) is 10.2 Å². The predicted octanol–water partition coefficient (Wildman–Crippen LogP) is 1.38. The lowest BCUT2D eigenvalue weighted by molar-refractivity contribution is 0.0677. The molecule has 17 heavy (non-hydrogen) atoms. The molecule has 1 N–H and O–H groups in total. The van der Waals surface area contributed by atoms with Crippen LogP contribution in [0, 0.1) is 0 Å². The van der Waals surface area contributed by atoms with Gasteiger partial charge in [-0.3, -0.25) is 4.79 Å². The van der Waals surface area contributed by atoms with Gasteiger partial charge in [0.25, 0.3) is 5.91 Å². The molecular weight excluding hydrogens is 265 g/mol. The van der Waals surface area contributed by atoms with Crippen LogP contribution in [0.2, 0.25) is 10.3 Å². The van der Waals surface area contributed by atoms with Gasteiger partial charge in [-0.05, 0) is 18.9 Å². The van der Waals surface area contributed by atoms with Gasteiger partial charge in [-0.2, -0.15) is 0 Å². The molecule has 1 fully saturated rings. The first-order valence-electron chi connectivity index (χ1n) is 5.24. The van der Waals surface area contributed by atoms with Crippen LogP contribution in [-0.2, 0) is 0 Å². The van der Waals surface area contributed by atoms with Crippen LogP contribution >= 0.6 is 23.2 Å². The maximum Gasteiger partial charge on any atom is 0.257 e. The van der Waals surface area contributed by atoms with E-state index in [1.807, 2.05) is 0 Å². The van der Waals surface area contributed by atoms with Gasteiger partial charge in [-0.1, -0.05) is 23.2 Å². The van der Waals surface area contributed by atoms with E-state index < -0.39 is 0 Å².